The Morgan fingerprint density at radius 1 is 0.521 bits per heavy atom. The predicted molar refractivity (Wildman–Crippen MR) is 179 cm³/mol. The maximum absolute atomic E-state index is 15.1. The van der Waals surface area contributed by atoms with E-state index in [1.165, 1.54) is 57.4 Å². The van der Waals surface area contributed by atoms with E-state index in [1.807, 2.05) is 0 Å². The standard InChI is InChI=1S/C39H49F5O4/c1-3-5-7-9-11-13-15-17-25-46-29-21-19-28(20-22-29)30-23-24-31(35(41)34(30)40)39(45)48-33-27-32(36(42)38(44)37(33)43)47-26-18-16-14-12-10-8-6-4-2/h19-24,27H,3-18,25-26H2,1-2H3. The fraction of sp³-hybridized carbons (Fsp3) is 0.513. The van der Waals surface area contributed by atoms with Gasteiger partial charge in [0.15, 0.2) is 23.1 Å². The number of esters is 1. The van der Waals surface area contributed by atoms with Gasteiger partial charge in [0.2, 0.25) is 17.5 Å². The van der Waals surface area contributed by atoms with Crippen molar-refractivity contribution in [3.05, 3.63) is 77.1 Å². The van der Waals surface area contributed by atoms with E-state index in [0.29, 0.717) is 30.4 Å². The normalized spacial score (nSPS) is 11.1. The topological polar surface area (TPSA) is 44.8 Å². The molecule has 0 radical (unpaired) electrons. The molecule has 3 rings (SSSR count). The van der Waals surface area contributed by atoms with Crippen molar-refractivity contribution in [3.63, 3.8) is 0 Å². The van der Waals surface area contributed by atoms with Gasteiger partial charge in [-0.15, -0.1) is 0 Å². The third kappa shape index (κ3) is 12.1. The SMILES string of the molecule is CCCCCCCCCCOc1ccc(-c2ccc(C(=O)Oc3cc(OCCCCCCCCCC)c(F)c(F)c3F)c(F)c2F)cc1. The highest BCUT2D eigenvalue weighted by molar-refractivity contribution is 5.92. The van der Waals surface area contributed by atoms with Crippen LogP contribution in [0.5, 0.6) is 17.2 Å². The lowest BCUT2D eigenvalue weighted by atomic mass is 10.0. The molecule has 0 saturated heterocycles. The Labute approximate surface area is 282 Å². The van der Waals surface area contributed by atoms with Crippen LogP contribution >= 0.6 is 0 Å². The highest BCUT2D eigenvalue weighted by Gasteiger charge is 2.26. The van der Waals surface area contributed by atoms with Crippen molar-refractivity contribution in [2.45, 2.75) is 117 Å². The molecule has 264 valence electrons. The van der Waals surface area contributed by atoms with Crippen LogP contribution in [0.25, 0.3) is 11.1 Å². The summed E-state index contributed by atoms with van der Waals surface area (Å²) in [5, 5.41) is 0. The molecule has 0 heterocycles. The molecule has 0 aliphatic rings. The minimum Gasteiger partial charge on any atom is -0.494 e. The van der Waals surface area contributed by atoms with Crippen LogP contribution in [0.15, 0.2) is 42.5 Å². The highest BCUT2D eigenvalue weighted by Crippen LogP contribution is 2.33. The van der Waals surface area contributed by atoms with Crippen LogP contribution < -0.4 is 14.2 Å². The summed E-state index contributed by atoms with van der Waals surface area (Å²) >= 11 is 0. The number of unbranched alkanes of at least 4 members (excludes halogenated alkanes) is 14. The van der Waals surface area contributed by atoms with E-state index in [2.05, 4.69) is 13.8 Å². The molecule has 0 unspecified atom stereocenters. The molecule has 4 nitrogen and oxygen atoms in total. The molecular weight excluding hydrogens is 627 g/mol. The molecule has 0 spiro atoms. The zero-order valence-electron chi connectivity index (χ0n) is 28.3. The number of rotatable bonds is 23. The third-order valence-electron chi connectivity index (χ3n) is 8.27. The molecule has 0 aromatic heterocycles. The van der Waals surface area contributed by atoms with E-state index in [9.17, 15) is 18.0 Å². The molecule has 0 aliphatic carbocycles. The lowest BCUT2D eigenvalue weighted by Gasteiger charge is -2.13. The lowest BCUT2D eigenvalue weighted by molar-refractivity contribution is 0.0719. The van der Waals surface area contributed by atoms with Gasteiger partial charge in [0.25, 0.3) is 0 Å². The molecule has 0 bridgehead atoms. The van der Waals surface area contributed by atoms with Gasteiger partial charge in [-0.05, 0) is 36.6 Å². The molecule has 0 saturated carbocycles. The molecular formula is C39H49F5O4. The number of carbonyl (C=O) groups excluding carboxylic acids is 1. The smallest absolute Gasteiger partial charge is 0.346 e. The van der Waals surface area contributed by atoms with E-state index in [-0.39, 0.29) is 12.2 Å². The molecule has 0 fully saturated rings. The van der Waals surface area contributed by atoms with Crippen LogP contribution in [0.1, 0.15) is 127 Å². The second-order valence-corrected chi connectivity index (χ2v) is 12.2. The van der Waals surface area contributed by atoms with E-state index in [0.717, 1.165) is 51.0 Å². The quantitative estimate of drug-likeness (QED) is 0.0330. The zero-order valence-corrected chi connectivity index (χ0v) is 28.3. The summed E-state index contributed by atoms with van der Waals surface area (Å²) in [4.78, 5) is 12.7. The van der Waals surface area contributed by atoms with Gasteiger partial charge >= 0.3 is 5.97 Å². The largest absolute Gasteiger partial charge is 0.494 e. The van der Waals surface area contributed by atoms with Crippen molar-refractivity contribution in [3.8, 4) is 28.4 Å². The van der Waals surface area contributed by atoms with Crippen LogP contribution in [0.2, 0.25) is 0 Å². The molecule has 0 N–H and O–H groups in total. The average molecular weight is 677 g/mol. The molecule has 0 amide bonds. The fourth-order valence-corrected chi connectivity index (χ4v) is 5.40. The Kier molecular flexibility index (Phi) is 17.3. The van der Waals surface area contributed by atoms with Crippen LogP contribution in [-0.4, -0.2) is 19.2 Å². The Balaban J connectivity index is 1.55. The van der Waals surface area contributed by atoms with Crippen molar-refractivity contribution < 1.29 is 41.0 Å². The van der Waals surface area contributed by atoms with Gasteiger partial charge in [0.05, 0.1) is 18.8 Å². The first kappa shape index (κ1) is 38.8. The second-order valence-electron chi connectivity index (χ2n) is 12.2. The van der Waals surface area contributed by atoms with Crippen molar-refractivity contribution >= 4 is 5.97 Å². The number of hydrogen-bond donors (Lipinski definition) is 0. The maximum Gasteiger partial charge on any atom is 0.346 e. The average Bonchev–Trinajstić information content (AvgIpc) is 3.09. The van der Waals surface area contributed by atoms with Crippen molar-refractivity contribution in [1.29, 1.82) is 0 Å². The minimum absolute atomic E-state index is 0.0397. The zero-order chi connectivity index (χ0) is 34.7. The van der Waals surface area contributed by atoms with Gasteiger partial charge < -0.3 is 14.2 Å². The number of carbonyl (C=O) groups is 1. The van der Waals surface area contributed by atoms with Gasteiger partial charge in [-0.1, -0.05) is 122 Å². The van der Waals surface area contributed by atoms with Crippen LogP contribution in [0.4, 0.5) is 22.0 Å². The molecule has 48 heavy (non-hydrogen) atoms. The summed E-state index contributed by atoms with van der Waals surface area (Å²) in [7, 11) is 0. The number of ether oxygens (including phenoxy) is 3. The van der Waals surface area contributed by atoms with Gasteiger partial charge in [-0.25, -0.2) is 18.0 Å². The summed E-state index contributed by atoms with van der Waals surface area (Å²) < 4.78 is 89.2. The van der Waals surface area contributed by atoms with E-state index in [1.54, 1.807) is 24.3 Å². The first-order valence-electron chi connectivity index (χ1n) is 17.5. The van der Waals surface area contributed by atoms with Crippen LogP contribution in [0, 0.1) is 29.1 Å². The van der Waals surface area contributed by atoms with Crippen molar-refractivity contribution in [2.24, 2.45) is 0 Å². The monoisotopic (exact) mass is 676 g/mol. The first-order valence-corrected chi connectivity index (χ1v) is 17.5. The first-order chi connectivity index (χ1) is 23.3. The molecule has 0 aliphatic heterocycles. The molecule has 3 aromatic carbocycles. The van der Waals surface area contributed by atoms with Crippen LogP contribution in [0.3, 0.4) is 0 Å². The van der Waals surface area contributed by atoms with E-state index < -0.39 is 52.1 Å². The summed E-state index contributed by atoms with van der Waals surface area (Å²) in [5.74, 6) is -10.7. The molecule has 0 atom stereocenters. The van der Waals surface area contributed by atoms with Gasteiger partial charge in [-0.2, -0.15) is 8.78 Å². The maximum atomic E-state index is 15.1. The molecule has 3 aromatic rings. The van der Waals surface area contributed by atoms with E-state index in [4.69, 9.17) is 14.2 Å². The Morgan fingerprint density at radius 2 is 1.02 bits per heavy atom. The van der Waals surface area contributed by atoms with Gasteiger partial charge in [0, 0.05) is 11.6 Å². The fourth-order valence-electron chi connectivity index (χ4n) is 5.40. The summed E-state index contributed by atoms with van der Waals surface area (Å²) in [6, 6.07) is 9.32. The predicted octanol–water partition coefficient (Wildman–Crippen LogP) is 12.3. The summed E-state index contributed by atoms with van der Waals surface area (Å²) in [6.07, 6.45) is 17.6. The van der Waals surface area contributed by atoms with Gasteiger partial charge in [-0.3, -0.25) is 0 Å². The summed E-state index contributed by atoms with van der Waals surface area (Å²) in [6.45, 7) is 4.94. The number of benzene rings is 3. The van der Waals surface area contributed by atoms with Crippen molar-refractivity contribution in [1.82, 2.24) is 0 Å². The van der Waals surface area contributed by atoms with Crippen LogP contribution in [-0.2, 0) is 0 Å². The van der Waals surface area contributed by atoms with Gasteiger partial charge in [0.1, 0.15) is 5.75 Å². The third-order valence-corrected chi connectivity index (χ3v) is 8.27. The van der Waals surface area contributed by atoms with E-state index >= 15 is 8.78 Å². The van der Waals surface area contributed by atoms with Crippen molar-refractivity contribution in [2.75, 3.05) is 13.2 Å². The second kappa shape index (κ2) is 21.4. The Hall–Kier alpha value is -3.62. The number of hydrogen-bond acceptors (Lipinski definition) is 4. The minimum atomic E-state index is -1.90. The lowest BCUT2D eigenvalue weighted by Crippen LogP contribution is -2.14. The summed E-state index contributed by atoms with van der Waals surface area (Å²) in [5.41, 5.74) is -0.614. The molecule has 9 heteroatoms. The Bertz CT molecular complexity index is 1410. The highest BCUT2D eigenvalue weighted by atomic mass is 19.2. The number of halogens is 5. The Morgan fingerprint density at radius 3 is 1.58 bits per heavy atom.